The number of piperidine rings is 1. The Bertz CT molecular complexity index is 1060. The van der Waals surface area contributed by atoms with E-state index in [1.165, 1.54) is 6.42 Å². The van der Waals surface area contributed by atoms with Gasteiger partial charge < -0.3 is 10.2 Å². The Morgan fingerprint density at radius 3 is 2.48 bits per heavy atom. The average molecular weight is 424 g/mol. The molecule has 1 fully saturated rings. The standard InChI is InChI=1S/C23H22ClN3OS/c24-19-9-6-10-20(21(19)27-13-4-1-5-14-27)25-23(29)26-22(28)18-12-11-16-7-2-3-8-17(16)15-18/h2-3,6-12,15H,1,4-5,13-14H2,(H2,25,26,28,29). The Morgan fingerprint density at radius 1 is 0.931 bits per heavy atom. The van der Waals surface area contributed by atoms with Crippen molar-refractivity contribution >= 4 is 57.0 Å². The van der Waals surface area contributed by atoms with Crippen LogP contribution in [-0.4, -0.2) is 24.1 Å². The van der Waals surface area contributed by atoms with Gasteiger partial charge in [-0.2, -0.15) is 0 Å². The third-order valence-corrected chi connectivity index (χ3v) is 5.66. The van der Waals surface area contributed by atoms with Gasteiger partial charge >= 0.3 is 0 Å². The van der Waals surface area contributed by atoms with Crippen molar-refractivity contribution in [3.05, 3.63) is 71.2 Å². The molecule has 0 bridgehead atoms. The zero-order chi connectivity index (χ0) is 20.2. The zero-order valence-electron chi connectivity index (χ0n) is 16.0. The first-order chi connectivity index (χ1) is 14.1. The minimum atomic E-state index is -0.241. The van der Waals surface area contributed by atoms with Gasteiger partial charge in [-0.1, -0.05) is 48.0 Å². The van der Waals surface area contributed by atoms with E-state index in [0.29, 0.717) is 10.6 Å². The van der Waals surface area contributed by atoms with Crippen molar-refractivity contribution in [2.24, 2.45) is 0 Å². The number of nitrogens with one attached hydrogen (secondary N) is 2. The third kappa shape index (κ3) is 4.52. The highest BCUT2D eigenvalue weighted by molar-refractivity contribution is 7.80. The Balaban J connectivity index is 1.49. The predicted molar refractivity (Wildman–Crippen MR) is 125 cm³/mol. The fourth-order valence-corrected chi connectivity index (χ4v) is 4.21. The molecule has 2 N–H and O–H groups in total. The quantitative estimate of drug-likeness (QED) is 0.537. The molecule has 1 heterocycles. The molecule has 0 saturated carbocycles. The summed E-state index contributed by atoms with van der Waals surface area (Å²) in [7, 11) is 0. The van der Waals surface area contributed by atoms with Gasteiger partial charge in [0.25, 0.3) is 5.91 Å². The lowest BCUT2D eigenvalue weighted by Gasteiger charge is -2.31. The van der Waals surface area contributed by atoms with E-state index in [1.807, 2.05) is 54.6 Å². The molecule has 1 saturated heterocycles. The molecule has 0 unspecified atom stereocenters. The second kappa shape index (κ2) is 8.80. The average Bonchev–Trinajstić information content (AvgIpc) is 2.74. The number of hydrogen-bond acceptors (Lipinski definition) is 3. The fourth-order valence-electron chi connectivity index (χ4n) is 3.71. The van der Waals surface area contributed by atoms with Crippen molar-refractivity contribution in [2.75, 3.05) is 23.3 Å². The number of rotatable bonds is 3. The van der Waals surface area contributed by atoms with Crippen LogP contribution in [-0.2, 0) is 0 Å². The SMILES string of the molecule is O=C(NC(=S)Nc1cccc(Cl)c1N1CCCCC1)c1ccc2ccccc2c1. The van der Waals surface area contributed by atoms with Crippen molar-refractivity contribution in [1.82, 2.24) is 5.32 Å². The summed E-state index contributed by atoms with van der Waals surface area (Å²) in [6.45, 7) is 1.93. The van der Waals surface area contributed by atoms with Gasteiger partial charge in [0, 0.05) is 18.7 Å². The van der Waals surface area contributed by atoms with Gasteiger partial charge in [-0.3, -0.25) is 10.1 Å². The molecule has 3 aromatic carbocycles. The third-order valence-electron chi connectivity index (χ3n) is 5.15. The highest BCUT2D eigenvalue weighted by atomic mass is 35.5. The number of para-hydroxylation sites is 1. The second-order valence-electron chi connectivity index (χ2n) is 7.15. The number of thiocarbonyl (C=S) groups is 1. The fraction of sp³-hybridized carbons (Fsp3) is 0.217. The van der Waals surface area contributed by atoms with Crippen LogP contribution in [0.1, 0.15) is 29.6 Å². The van der Waals surface area contributed by atoms with E-state index in [2.05, 4.69) is 15.5 Å². The van der Waals surface area contributed by atoms with Gasteiger partial charge in [0.15, 0.2) is 5.11 Å². The van der Waals surface area contributed by atoms with Crippen molar-refractivity contribution in [2.45, 2.75) is 19.3 Å². The van der Waals surface area contributed by atoms with E-state index in [9.17, 15) is 4.79 Å². The summed E-state index contributed by atoms with van der Waals surface area (Å²) >= 11 is 11.9. The first-order valence-corrected chi connectivity index (χ1v) is 10.5. The summed E-state index contributed by atoms with van der Waals surface area (Å²) in [6, 6.07) is 19.2. The molecule has 1 aliphatic rings. The van der Waals surface area contributed by atoms with Crippen LogP contribution < -0.4 is 15.5 Å². The number of nitrogens with zero attached hydrogens (tertiary/aromatic N) is 1. The molecule has 1 amide bonds. The molecule has 0 spiro atoms. The molecule has 4 nitrogen and oxygen atoms in total. The van der Waals surface area contributed by atoms with Crippen LogP contribution in [0, 0.1) is 0 Å². The summed E-state index contributed by atoms with van der Waals surface area (Å²) in [4.78, 5) is 14.9. The summed E-state index contributed by atoms with van der Waals surface area (Å²) in [5.74, 6) is -0.241. The summed E-state index contributed by atoms with van der Waals surface area (Å²) in [5.41, 5.74) is 2.31. The van der Waals surface area contributed by atoms with Crippen molar-refractivity contribution in [1.29, 1.82) is 0 Å². The maximum Gasteiger partial charge on any atom is 0.257 e. The molecular formula is C23H22ClN3OS. The molecule has 3 aromatic rings. The first-order valence-electron chi connectivity index (χ1n) is 9.76. The van der Waals surface area contributed by atoms with Crippen LogP contribution >= 0.6 is 23.8 Å². The molecule has 29 heavy (non-hydrogen) atoms. The molecule has 1 aliphatic heterocycles. The number of amides is 1. The molecule has 0 aliphatic carbocycles. The molecule has 0 atom stereocenters. The van der Waals surface area contributed by atoms with Crippen LogP contribution in [0.4, 0.5) is 11.4 Å². The summed E-state index contributed by atoms with van der Waals surface area (Å²) < 4.78 is 0. The van der Waals surface area contributed by atoms with Gasteiger partial charge in [0.05, 0.1) is 16.4 Å². The monoisotopic (exact) mass is 423 g/mol. The minimum Gasteiger partial charge on any atom is -0.369 e. The van der Waals surface area contributed by atoms with Crippen LogP contribution in [0.3, 0.4) is 0 Å². The van der Waals surface area contributed by atoms with Crippen molar-refractivity contribution < 1.29 is 4.79 Å². The first kappa shape index (κ1) is 19.7. The van der Waals surface area contributed by atoms with Crippen LogP contribution in [0.15, 0.2) is 60.7 Å². The Kier molecular flexibility index (Phi) is 5.97. The number of anilines is 2. The molecule has 6 heteroatoms. The maximum absolute atomic E-state index is 12.7. The number of halogens is 1. The smallest absolute Gasteiger partial charge is 0.257 e. The van der Waals surface area contributed by atoms with E-state index in [4.69, 9.17) is 23.8 Å². The number of benzene rings is 3. The Labute approximate surface area is 180 Å². The lowest BCUT2D eigenvalue weighted by molar-refractivity contribution is 0.0978. The highest BCUT2D eigenvalue weighted by Gasteiger charge is 2.18. The Morgan fingerprint density at radius 2 is 1.69 bits per heavy atom. The van der Waals surface area contributed by atoms with Crippen molar-refractivity contribution in [3.8, 4) is 0 Å². The van der Waals surface area contributed by atoms with Gasteiger partial charge in [0.1, 0.15) is 0 Å². The minimum absolute atomic E-state index is 0.241. The van der Waals surface area contributed by atoms with Gasteiger partial charge in [-0.05, 0) is 66.5 Å². The van der Waals surface area contributed by atoms with Gasteiger partial charge in [-0.25, -0.2) is 0 Å². The van der Waals surface area contributed by atoms with Gasteiger partial charge in [0.2, 0.25) is 0 Å². The highest BCUT2D eigenvalue weighted by Crippen LogP contribution is 2.35. The van der Waals surface area contributed by atoms with E-state index >= 15 is 0 Å². The number of carbonyl (C=O) groups is 1. The van der Waals surface area contributed by atoms with E-state index in [1.54, 1.807) is 6.07 Å². The topological polar surface area (TPSA) is 44.4 Å². The van der Waals surface area contributed by atoms with Crippen LogP contribution in [0.5, 0.6) is 0 Å². The molecule has 4 rings (SSSR count). The maximum atomic E-state index is 12.7. The lowest BCUT2D eigenvalue weighted by Crippen LogP contribution is -2.35. The predicted octanol–water partition coefficient (Wildman–Crippen LogP) is 5.61. The molecular weight excluding hydrogens is 402 g/mol. The number of fused-ring (bicyclic) bond motifs is 1. The normalized spacial score (nSPS) is 13.9. The second-order valence-corrected chi connectivity index (χ2v) is 7.97. The summed E-state index contributed by atoms with van der Waals surface area (Å²) in [5, 5.41) is 8.98. The van der Waals surface area contributed by atoms with E-state index in [0.717, 1.165) is 48.1 Å². The van der Waals surface area contributed by atoms with E-state index in [-0.39, 0.29) is 11.0 Å². The lowest BCUT2D eigenvalue weighted by atomic mass is 10.1. The van der Waals surface area contributed by atoms with Crippen LogP contribution in [0.2, 0.25) is 5.02 Å². The molecule has 148 valence electrons. The van der Waals surface area contributed by atoms with Crippen LogP contribution in [0.25, 0.3) is 10.8 Å². The molecule has 0 radical (unpaired) electrons. The van der Waals surface area contributed by atoms with Crippen molar-refractivity contribution in [3.63, 3.8) is 0 Å². The van der Waals surface area contributed by atoms with E-state index < -0.39 is 0 Å². The zero-order valence-corrected chi connectivity index (χ0v) is 17.5. The van der Waals surface area contributed by atoms with Gasteiger partial charge in [-0.15, -0.1) is 0 Å². The largest absolute Gasteiger partial charge is 0.369 e. The Hall–Kier alpha value is -2.63. The number of carbonyl (C=O) groups excluding carboxylic acids is 1. The molecule has 0 aromatic heterocycles. The number of hydrogen-bond donors (Lipinski definition) is 2. The summed E-state index contributed by atoms with van der Waals surface area (Å²) in [6.07, 6.45) is 3.53.